The SMILES string of the molecule is Cc1cc(Cl)ccc1OCC(=O)C(C#N)c1nc(-c2ccccc2)cs1. The Morgan fingerprint density at radius 1 is 1.31 bits per heavy atom. The fraction of sp³-hybridized carbons (Fsp3) is 0.150. The molecule has 1 unspecified atom stereocenters. The van der Waals surface area contributed by atoms with Gasteiger partial charge in [-0.2, -0.15) is 5.26 Å². The lowest BCUT2D eigenvalue weighted by Gasteiger charge is -2.10. The number of hydrogen-bond donors (Lipinski definition) is 0. The van der Waals surface area contributed by atoms with E-state index < -0.39 is 5.92 Å². The minimum absolute atomic E-state index is 0.194. The maximum Gasteiger partial charge on any atom is 0.194 e. The first-order valence-electron chi connectivity index (χ1n) is 7.90. The van der Waals surface area contributed by atoms with E-state index >= 15 is 0 Å². The molecule has 130 valence electrons. The van der Waals surface area contributed by atoms with Gasteiger partial charge in [-0.05, 0) is 30.7 Å². The molecule has 6 heteroatoms. The first kappa shape index (κ1) is 18.1. The standard InChI is InChI=1S/C20H15ClN2O2S/c1-13-9-15(21)7-8-19(13)25-11-18(24)16(10-22)20-23-17(12-26-20)14-5-3-2-4-6-14/h2-9,12,16H,11H2,1H3. The van der Waals surface area contributed by atoms with E-state index in [0.29, 0.717) is 15.8 Å². The van der Waals surface area contributed by atoms with Gasteiger partial charge in [-0.1, -0.05) is 41.9 Å². The molecule has 0 saturated heterocycles. The maximum absolute atomic E-state index is 12.5. The number of aryl methyl sites for hydroxylation is 1. The van der Waals surface area contributed by atoms with E-state index in [-0.39, 0.29) is 12.4 Å². The Bertz CT molecular complexity index is 963. The van der Waals surface area contributed by atoms with Crippen LogP contribution in [-0.4, -0.2) is 17.4 Å². The molecular formula is C20H15ClN2O2S. The molecule has 2 aromatic carbocycles. The summed E-state index contributed by atoms with van der Waals surface area (Å²) in [6, 6.07) is 16.9. The van der Waals surface area contributed by atoms with Crippen LogP contribution in [0.15, 0.2) is 53.9 Å². The van der Waals surface area contributed by atoms with Crippen LogP contribution in [0.5, 0.6) is 5.75 Å². The molecule has 0 radical (unpaired) electrons. The summed E-state index contributed by atoms with van der Waals surface area (Å²) in [6.45, 7) is 1.65. The average molecular weight is 383 g/mol. The molecule has 1 aromatic heterocycles. The van der Waals surface area contributed by atoms with E-state index in [9.17, 15) is 10.1 Å². The van der Waals surface area contributed by atoms with Crippen LogP contribution in [0.25, 0.3) is 11.3 Å². The molecule has 0 bridgehead atoms. The second kappa shape index (κ2) is 8.13. The highest BCUT2D eigenvalue weighted by Gasteiger charge is 2.24. The quantitative estimate of drug-likeness (QED) is 0.600. The molecular weight excluding hydrogens is 368 g/mol. The minimum atomic E-state index is -0.940. The van der Waals surface area contributed by atoms with Crippen molar-refractivity contribution in [2.75, 3.05) is 6.61 Å². The summed E-state index contributed by atoms with van der Waals surface area (Å²) in [7, 11) is 0. The van der Waals surface area contributed by atoms with Crippen molar-refractivity contribution in [3.05, 3.63) is 69.5 Å². The third kappa shape index (κ3) is 4.10. The zero-order valence-electron chi connectivity index (χ0n) is 14.0. The topological polar surface area (TPSA) is 63.0 Å². The monoisotopic (exact) mass is 382 g/mol. The molecule has 0 aliphatic heterocycles. The molecule has 0 amide bonds. The van der Waals surface area contributed by atoms with Gasteiger partial charge in [-0.3, -0.25) is 4.79 Å². The van der Waals surface area contributed by atoms with Gasteiger partial charge in [0, 0.05) is 16.0 Å². The Morgan fingerprint density at radius 2 is 2.08 bits per heavy atom. The summed E-state index contributed by atoms with van der Waals surface area (Å²) in [6.07, 6.45) is 0. The molecule has 3 rings (SSSR count). The Balaban J connectivity index is 1.71. The number of Topliss-reactive ketones (excluding diaryl/α,β-unsaturated/α-hetero) is 1. The van der Waals surface area contributed by atoms with Crippen LogP contribution in [0.3, 0.4) is 0 Å². The van der Waals surface area contributed by atoms with Crippen molar-refractivity contribution in [1.29, 1.82) is 5.26 Å². The van der Waals surface area contributed by atoms with Crippen LogP contribution < -0.4 is 4.74 Å². The molecule has 0 spiro atoms. The highest BCUT2D eigenvalue weighted by molar-refractivity contribution is 7.10. The van der Waals surface area contributed by atoms with Crippen molar-refractivity contribution in [2.45, 2.75) is 12.8 Å². The summed E-state index contributed by atoms with van der Waals surface area (Å²) < 4.78 is 5.57. The summed E-state index contributed by atoms with van der Waals surface area (Å²) in [5.41, 5.74) is 2.54. The first-order chi connectivity index (χ1) is 12.6. The lowest BCUT2D eigenvalue weighted by Crippen LogP contribution is -2.19. The number of carbonyl (C=O) groups excluding carboxylic acids is 1. The van der Waals surface area contributed by atoms with Crippen molar-refractivity contribution < 1.29 is 9.53 Å². The molecule has 1 heterocycles. The number of aromatic nitrogens is 1. The molecule has 3 aromatic rings. The van der Waals surface area contributed by atoms with Crippen molar-refractivity contribution >= 4 is 28.7 Å². The fourth-order valence-electron chi connectivity index (χ4n) is 2.43. The fourth-order valence-corrected chi connectivity index (χ4v) is 3.55. The van der Waals surface area contributed by atoms with E-state index in [0.717, 1.165) is 16.8 Å². The van der Waals surface area contributed by atoms with Gasteiger partial charge in [-0.15, -0.1) is 11.3 Å². The van der Waals surface area contributed by atoms with Gasteiger partial charge in [0.15, 0.2) is 11.7 Å². The van der Waals surface area contributed by atoms with Gasteiger partial charge < -0.3 is 4.74 Å². The van der Waals surface area contributed by atoms with Crippen LogP contribution in [0.2, 0.25) is 5.02 Å². The van der Waals surface area contributed by atoms with Crippen molar-refractivity contribution in [2.24, 2.45) is 0 Å². The Kier molecular flexibility index (Phi) is 5.67. The average Bonchev–Trinajstić information content (AvgIpc) is 3.12. The Hall–Kier alpha value is -2.68. The van der Waals surface area contributed by atoms with Gasteiger partial charge in [-0.25, -0.2) is 4.98 Å². The molecule has 4 nitrogen and oxygen atoms in total. The van der Waals surface area contributed by atoms with Gasteiger partial charge >= 0.3 is 0 Å². The predicted molar refractivity (Wildman–Crippen MR) is 103 cm³/mol. The summed E-state index contributed by atoms with van der Waals surface area (Å²) in [5, 5.41) is 12.4. The molecule has 1 atom stereocenters. The second-order valence-corrected chi connectivity index (χ2v) is 6.99. The van der Waals surface area contributed by atoms with Crippen LogP contribution in [-0.2, 0) is 4.79 Å². The third-order valence-corrected chi connectivity index (χ3v) is 4.94. The van der Waals surface area contributed by atoms with Gasteiger partial charge in [0.1, 0.15) is 17.4 Å². The summed E-state index contributed by atoms with van der Waals surface area (Å²) in [4.78, 5) is 16.9. The number of nitriles is 1. The number of carbonyl (C=O) groups is 1. The number of benzene rings is 2. The Labute approximate surface area is 160 Å². The maximum atomic E-state index is 12.5. The second-order valence-electron chi connectivity index (χ2n) is 5.66. The normalized spacial score (nSPS) is 11.6. The molecule has 0 fully saturated rings. The molecule has 0 N–H and O–H groups in total. The minimum Gasteiger partial charge on any atom is -0.485 e. The van der Waals surface area contributed by atoms with E-state index in [1.807, 2.05) is 48.7 Å². The number of thiazole rings is 1. The van der Waals surface area contributed by atoms with Gasteiger partial charge in [0.2, 0.25) is 0 Å². The van der Waals surface area contributed by atoms with Gasteiger partial charge in [0.25, 0.3) is 0 Å². The summed E-state index contributed by atoms with van der Waals surface area (Å²) in [5.74, 6) is -0.690. The highest BCUT2D eigenvalue weighted by atomic mass is 35.5. The molecule has 0 saturated carbocycles. The molecule has 0 aliphatic carbocycles. The predicted octanol–water partition coefficient (Wildman–Crippen LogP) is 5.03. The van der Waals surface area contributed by atoms with Crippen molar-refractivity contribution in [3.8, 4) is 23.1 Å². The van der Waals surface area contributed by atoms with E-state index in [1.54, 1.807) is 18.2 Å². The summed E-state index contributed by atoms with van der Waals surface area (Å²) >= 11 is 7.22. The zero-order valence-corrected chi connectivity index (χ0v) is 15.6. The number of halogens is 1. The third-order valence-electron chi connectivity index (χ3n) is 3.80. The van der Waals surface area contributed by atoms with Crippen LogP contribution in [0.4, 0.5) is 0 Å². The number of ketones is 1. The van der Waals surface area contributed by atoms with Crippen molar-refractivity contribution in [3.63, 3.8) is 0 Å². The van der Waals surface area contributed by atoms with Gasteiger partial charge in [0.05, 0.1) is 11.8 Å². The van der Waals surface area contributed by atoms with E-state index in [1.165, 1.54) is 11.3 Å². The Morgan fingerprint density at radius 3 is 2.77 bits per heavy atom. The van der Waals surface area contributed by atoms with Crippen LogP contribution >= 0.6 is 22.9 Å². The van der Waals surface area contributed by atoms with Crippen LogP contribution in [0.1, 0.15) is 16.5 Å². The number of hydrogen-bond acceptors (Lipinski definition) is 5. The lowest BCUT2D eigenvalue weighted by atomic mass is 10.1. The van der Waals surface area contributed by atoms with Crippen LogP contribution in [0, 0.1) is 18.3 Å². The van der Waals surface area contributed by atoms with Crippen molar-refractivity contribution in [1.82, 2.24) is 4.98 Å². The number of rotatable bonds is 6. The number of ether oxygens (including phenoxy) is 1. The van der Waals surface area contributed by atoms with E-state index in [2.05, 4.69) is 4.98 Å². The largest absolute Gasteiger partial charge is 0.485 e. The molecule has 0 aliphatic rings. The zero-order chi connectivity index (χ0) is 18.5. The first-order valence-corrected chi connectivity index (χ1v) is 9.16. The molecule has 26 heavy (non-hydrogen) atoms. The van der Waals surface area contributed by atoms with E-state index in [4.69, 9.17) is 16.3 Å². The smallest absolute Gasteiger partial charge is 0.194 e. The number of nitrogens with zero attached hydrogens (tertiary/aromatic N) is 2. The lowest BCUT2D eigenvalue weighted by molar-refractivity contribution is -0.121. The highest BCUT2D eigenvalue weighted by Crippen LogP contribution is 2.27.